The molecule has 3 aromatic rings. The van der Waals surface area contributed by atoms with Crippen molar-refractivity contribution >= 4 is 51.9 Å². The lowest BCUT2D eigenvalue weighted by atomic mass is 10.0. The van der Waals surface area contributed by atoms with Gasteiger partial charge in [-0.05, 0) is 47.4 Å². The molecule has 0 fully saturated rings. The van der Waals surface area contributed by atoms with Crippen LogP contribution in [0.4, 0.5) is 17.1 Å². The van der Waals surface area contributed by atoms with E-state index in [1.807, 2.05) is 24.3 Å². The highest BCUT2D eigenvalue weighted by Gasteiger charge is 2.33. The van der Waals surface area contributed by atoms with Gasteiger partial charge < -0.3 is 14.8 Å². The number of amides is 2. The first-order valence-electron chi connectivity index (χ1n) is 12.3. The number of amidine groups is 1. The van der Waals surface area contributed by atoms with E-state index in [1.165, 1.54) is 42.9 Å². The van der Waals surface area contributed by atoms with Crippen LogP contribution in [0.15, 0.2) is 77.4 Å². The minimum absolute atomic E-state index is 0.0379. The van der Waals surface area contributed by atoms with Crippen LogP contribution in [0.2, 0.25) is 0 Å². The molecule has 1 heterocycles. The number of benzene rings is 3. The summed E-state index contributed by atoms with van der Waals surface area (Å²) in [6.45, 7) is 4.22. The lowest BCUT2D eigenvalue weighted by Crippen LogP contribution is -2.31. The topological polar surface area (TPSA) is 123 Å². The van der Waals surface area contributed by atoms with E-state index in [1.54, 1.807) is 30.3 Å². The van der Waals surface area contributed by atoms with Crippen molar-refractivity contribution in [1.29, 1.82) is 0 Å². The Kier molecular flexibility index (Phi) is 8.85. The molecular formula is C29H28N4O6S. The van der Waals surface area contributed by atoms with Gasteiger partial charge in [0, 0.05) is 6.07 Å². The molecular weight excluding hydrogens is 532 g/mol. The van der Waals surface area contributed by atoms with E-state index in [2.05, 4.69) is 24.2 Å². The molecule has 0 saturated heterocycles. The number of hydrogen-bond acceptors (Lipinski definition) is 8. The number of ether oxygens (including phenoxy) is 2. The third-order valence-electron chi connectivity index (χ3n) is 6.06. The highest BCUT2D eigenvalue weighted by atomic mass is 32.2. The lowest BCUT2D eigenvalue weighted by molar-refractivity contribution is -0.384. The number of rotatable bonds is 9. The maximum absolute atomic E-state index is 13.5. The molecule has 40 heavy (non-hydrogen) atoms. The summed E-state index contributed by atoms with van der Waals surface area (Å²) >= 11 is 1.04. The second-order valence-electron chi connectivity index (χ2n) is 9.06. The smallest absolute Gasteiger partial charge is 0.296 e. The summed E-state index contributed by atoms with van der Waals surface area (Å²) in [4.78, 5) is 43.2. The van der Waals surface area contributed by atoms with Crippen LogP contribution in [-0.4, -0.2) is 41.9 Å². The molecule has 0 saturated carbocycles. The zero-order valence-electron chi connectivity index (χ0n) is 22.4. The highest BCUT2D eigenvalue weighted by Crippen LogP contribution is 2.32. The van der Waals surface area contributed by atoms with E-state index in [9.17, 15) is 19.7 Å². The quantitative estimate of drug-likeness (QED) is 0.198. The predicted molar refractivity (Wildman–Crippen MR) is 157 cm³/mol. The molecule has 3 aromatic carbocycles. The molecule has 0 spiro atoms. The van der Waals surface area contributed by atoms with Gasteiger partial charge in [-0.1, -0.05) is 55.9 Å². The fraction of sp³-hybridized carbons (Fsp3) is 0.207. The van der Waals surface area contributed by atoms with E-state index < -0.39 is 10.8 Å². The molecule has 0 aliphatic carbocycles. The van der Waals surface area contributed by atoms with Gasteiger partial charge in [0.05, 0.1) is 36.6 Å². The van der Waals surface area contributed by atoms with Crippen molar-refractivity contribution in [2.24, 2.45) is 4.99 Å². The van der Waals surface area contributed by atoms with Crippen LogP contribution in [0.5, 0.6) is 11.5 Å². The number of nitro groups is 1. The van der Waals surface area contributed by atoms with Crippen molar-refractivity contribution in [3.63, 3.8) is 0 Å². The predicted octanol–water partition coefficient (Wildman–Crippen LogP) is 5.85. The summed E-state index contributed by atoms with van der Waals surface area (Å²) in [5.74, 6) is 0.234. The van der Waals surface area contributed by atoms with Crippen molar-refractivity contribution in [1.82, 2.24) is 0 Å². The summed E-state index contributed by atoms with van der Waals surface area (Å²) < 4.78 is 10.4. The molecule has 2 amide bonds. The molecule has 1 aliphatic rings. The Morgan fingerprint density at radius 2 is 1.77 bits per heavy atom. The third-order valence-corrected chi connectivity index (χ3v) is 6.99. The van der Waals surface area contributed by atoms with Crippen molar-refractivity contribution in [2.45, 2.75) is 19.8 Å². The minimum Gasteiger partial charge on any atom is -0.497 e. The Morgan fingerprint density at radius 3 is 2.42 bits per heavy atom. The van der Waals surface area contributed by atoms with Crippen molar-refractivity contribution in [3.05, 3.63) is 93.7 Å². The first kappa shape index (κ1) is 28.4. The number of thioether (sulfide) groups is 1. The monoisotopic (exact) mass is 560 g/mol. The maximum atomic E-state index is 13.5. The number of methoxy groups -OCH3 is 2. The third kappa shape index (κ3) is 6.49. The Bertz CT molecular complexity index is 1500. The zero-order chi connectivity index (χ0) is 28.8. The van der Waals surface area contributed by atoms with Crippen LogP contribution < -0.4 is 19.7 Å². The van der Waals surface area contributed by atoms with Crippen LogP contribution in [0.25, 0.3) is 6.08 Å². The average molecular weight is 561 g/mol. The van der Waals surface area contributed by atoms with Crippen molar-refractivity contribution in [2.75, 3.05) is 30.2 Å². The van der Waals surface area contributed by atoms with E-state index in [0.29, 0.717) is 28.3 Å². The molecule has 0 radical (unpaired) electrons. The fourth-order valence-electron chi connectivity index (χ4n) is 3.92. The summed E-state index contributed by atoms with van der Waals surface area (Å²) in [6, 6.07) is 19.0. The van der Waals surface area contributed by atoms with E-state index >= 15 is 0 Å². The van der Waals surface area contributed by atoms with Gasteiger partial charge in [0.25, 0.3) is 11.6 Å². The zero-order valence-corrected chi connectivity index (χ0v) is 23.2. The Balaban J connectivity index is 1.59. The summed E-state index contributed by atoms with van der Waals surface area (Å²) in [6.07, 6.45) is 1.70. The van der Waals surface area contributed by atoms with Gasteiger partial charge in [-0.3, -0.25) is 24.6 Å². The standard InChI is InChI=1S/C29H28N4O6S/c1-18(2)20-10-8-19(9-11-20)14-25-28(35)32(21-6-5-7-22(15-21)38-3)29(31-25)40-17-27(34)30-24-13-12-23(39-4)16-26(24)33(36)37/h5-16,18H,17H2,1-4H3,(H,30,34)/b25-14+. The molecule has 1 N–H and O–H groups in total. The molecule has 4 rings (SSSR count). The van der Waals surface area contributed by atoms with Gasteiger partial charge >= 0.3 is 0 Å². The summed E-state index contributed by atoms with van der Waals surface area (Å²) in [5.41, 5.74) is 2.49. The summed E-state index contributed by atoms with van der Waals surface area (Å²) in [5, 5.41) is 14.3. The average Bonchev–Trinajstić information content (AvgIpc) is 3.26. The number of nitrogens with one attached hydrogen (secondary N) is 1. The Labute approximate surface area is 235 Å². The maximum Gasteiger partial charge on any atom is 0.296 e. The van der Waals surface area contributed by atoms with Gasteiger partial charge in [-0.15, -0.1) is 0 Å². The van der Waals surface area contributed by atoms with Crippen molar-refractivity contribution < 1.29 is 24.0 Å². The van der Waals surface area contributed by atoms with E-state index in [0.717, 1.165) is 17.3 Å². The summed E-state index contributed by atoms with van der Waals surface area (Å²) in [7, 11) is 2.93. The largest absolute Gasteiger partial charge is 0.497 e. The number of anilines is 2. The first-order valence-corrected chi connectivity index (χ1v) is 13.3. The molecule has 0 aromatic heterocycles. The Morgan fingerprint density at radius 1 is 1.07 bits per heavy atom. The van der Waals surface area contributed by atoms with Gasteiger partial charge in [-0.2, -0.15) is 0 Å². The van der Waals surface area contributed by atoms with Gasteiger partial charge in [0.1, 0.15) is 22.9 Å². The van der Waals surface area contributed by atoms with Gasteiger partial charge in [-0.25, -0.2) is 4.99 Å². The number of nitro benzene ring substituents is 1. The number of carbonyl (C=O) groups is 2. The van der Waals surface area contributed by atoms with Crippen LogP contribution in [0.3, 0.4) is 0 Å². The number of aliphatic imine (C=N–C) groups is 1. The second kappa shape index (κ2) is 12.5. The minimum atomic E-state index is -0.597. The van der Waals surface area contributed by atoms with E-state index in [-0.39, 0.29) is 28.7 Å². The molecule has 0 bridgehead atoms. The number of hydrogen-bond donors (Lipinski definition) is 1. The van der Waals surface area contributed by atoms with Crippen LogP contribution in [0.1, 0.15) is 30.9 Å². The highest BCUT2D eigenvalue weighted by molar-refractivity contribution is 8.14. The molecule has 0 unspecified atom stereocenters. The van der Waals surface area contributed by atoms with Crippen LogP contribution in [0, 0.1) is 10.1 Å². The van der Waals surface area contributed by atoms with Crippen molar-refractivity contribution in [3.8, 4) is 11.5 Å². The van der Waals surface area contributed by atoms with Crippen LogP contribution in [-0.2, 0) is 9.59 Å². The fourth-order valence-corrected chi connectivity index (χ4v) is 4.73. The van der Waals surface area contributed by atoms with Gasteiger partial charge in [0.2, 0.25) is 5.91 Å². The Hall–Kier alpha value is -4.64. The molecule has 10 nitrogen and oxygen atoms in total. The van der Waals surface area contributed by atoms with E-state index in [4.69, 9.17) is 9.47 Å². The normalized spacial score (nSPS) is 13.9. The molecule has 206 valence electrons. The first-order chi connectivity index (χ1) is 19.2. The van der Waals surface area contributed by atoms with Crippen LogP contribution >= 0.6 is 11.8 Å². The van der Waals surface area contributed by atoms with Gasteiger partial charge in [0.15, 0.2) is 5.17 Å². The number of nitrogens with zero attached hydrogens (tertiary/aromatic N) is 3. The second-order valence-corrected chi connectivity index (χ2v) is 10.0. The lowest BCUT2D eigenvalue weighted by Gasteiger charge is -2.18. The molecule has 1 aliphatic heterocycles. The molecule has 0 atom stereocenters. The SMILES string of the molecule is COc1cccc(N2C(=O)/C(=C\c3ccc(C(C)C)cc3)N=C2SCC(=O)Nc2ccc(OC)cc2[N+](=O)[O-])c1. The molecule has 11 heteroatoms. The number of carbonyl (C=O) groups excluding carboxylic acids is 2.